The number of hydrazine groups is 1. The van der Waals surface area contributed by atoms with Crippen LogP contribution in [0.4, 0.5) is 4.39 Å². The van der Waals surface area contributed by atoms with Crippen LogP contribution in [0.2, 0.25) is 0 Å². The van der Waals surface area contributed by atoms with Crippen molar-refractivity contribution in [1.82, 2.24) is 10.9 Å². The van der Waals surface area contributed by atoms with Gasteiger partial charge in [0, 0.05) is 11.6 Å². The van der Waals surface area contributed by atoms with E-state index >= 15 is 0 Å². The summed E-state index contributed by atoms with van der Waals surface area (Å²) >= 11 is 0. The summed E-state index contributed by atoms with van der Waals surface area (Å²) in [6, 6.07) is 12.8. The van der Waals surface area contributed by atoms with Crippen molar-refractivity contribution in [3.63, 3.8) is 0 Å². The van der Waals surface area contributed by atoms with Gasteiger partial charge in [0.1, 0.15) is 5.82 Å². The third-order valence-corrected chi connectivity index (χ3v) is 3.22. The molecule has 0 radical (unpaired) electrons. The lowest BCUT2D eigenvalue weighted by Crippen LogP contribution is -2.40. The molecule has 4 nitrogen and oxygen atoms in total. The highest BCUT2D eigenvalue weighted by molar-refractivity contribution is 5.97. The predicted octanol–water partition coefficient (Wildman–Crippen LogP) is 2.86. The molecule has 0 saturated carbocycles. The standard InChI is InChI=1S/C18H17FN2O2/c1-2-13-3-5-14(6-4-13)7-12-17(22)20-21-18(23)15-8-10-16(19)11-9-15/h3-12H,2H2,1H3,(H,20,22)(H,21,23)/b12-7+. The van der Waals surface area contributed by atoms with Gasteiger partial charge in [0.25, 0.3) is 11.8 Å². The first-order valence-electron chi connectivity index (χ1n) is 7.21. The highest BCUT2D eigenvalue weighted by Crippen LogP contribution is 2.06. The summed E-state index contributed by atoms with van der Waals surface area (Å²) in [6.07, 6.45) is 3.94. The molecule has 0 aliphatic carbocycles. The minimum atomic E-state index is -0.515. The van der Waals surface area contributed by atoms with Crippen LogP contribution in [0.1, 0.15) is 28.4 Å². The molecule has 2 N–H and O–H groups in total. The van der Waals surface area contributed by atoms with Crippen LogP contribution in [0.25, 0.3) is 6.08 Å². The Kier molecular flexibility index (Phi) is 5.63. The maximum absolute atomic E-state index is 12.8. The van der Waals surface area contributed by atoms with E-state index in [4.69, 9.17) is 0 Å². The maximum atomic E-state index is 12.8. The molecule has 2 amide bonds. The Morgan fingerprint density at radius 2 is 1.65 bits per heavy atom. The lowest BCUT2D eigenvalue weighted by molar-refractivity contribution is -0.117. The van der Waals surface area contributed by atoms with Crippen LogP contribution in [0.3, 0.4) is 0 Å². The van der Waals surface area contributed by atoms with Gasteiger partial charge in [0.2, 0.25) is 0 Å². The van der Waals surface area contributed by atoms with Gasteiger partial charge in [-0.25, -0.2) is 4.39 Å². The number of carbonyl (C=O) groups excluding carboxylic acids is 2. The van der Waals surface area contributed by atoms with Crippen LogP contribution in [0.5, 0.6) is 0 Å². The van der Waals surface area contributed by atoms with Crippen molar-refractivity contribution in [1.29, 1.82) is 0 Å². The zero-order chi connectivity index (χ0) is 16.7. The average Bonchev–Trinajstić information content (AvgIpc) is 2.59. The Balaban J connectivity index is 1.85. The predicted molar refractivity (Wildman–Crippen MR) is 86.9 cm³/mol. The van der Waals surface area contributed by atoms with E-state index in [1.807, 2.05) is 24.3 Å². The minimum absolute atomic E-state index is 0.255. The van der Waals surface area contributed by atoms with E-state index in [9.17, 15) is 14.0 Å². The molecule has 5 heteroatoms. The summed E-state index contributed by atoms with van der Waals surface area (Å²) in [7, 11) is 0. The Bertz CT molecular complexity index is 707. The second kappa shape index (κ2) is 7.89. The third-order valence-electron chi connectivity index (χ3n) is 3.22. The van der Waals surface area contributed by atoms with E-state index in [2.05, 4.69) is 17.8 Å². The summed E-state index contributed by atoms with van der Waals surface area (Å²) in [5.41, 5.74) is 6.90. The van der Waals surface area contributed by atoms with Crippen molar-refractivity contribution in [2.75, 3.05) is 0 Å². The molecule has 0 atom stereocenters. The zero-order valence-corrected chi connectivity index (χ0v) is 12.7. The van der Waals surface area contributed by atoms with Crippen LogP contribution in [-0.2, 0) is 11.2 Å². The number of amides is 2. The number of carbonyl (C=O) groups is 2. The summed E-state index contributed by atoms with van der Waals surface area (Å²) in [4.78, 5) is 23.4. The zero-order valence-electron chi connectivity index (χ0n) is 12.7. The molecule has 2 aromatic rings. The number of aryl methyl sites for hydroxylation is 1. The molecule has 0 heterocycles. The fourth-order valence-electron chi connectivity index (χ4n) is 1.87. The number of benzene rings is 2. The van der Waals surface area contributed by atoms with Crippen LogP contribution < -0.4 is 10.9 Å². The van der Waals surface area contributed by atoms with Gasteiger partial charge in [-0.1, -0.05) is 31.2 Å². The summed E-state index contributed by atoms with van der Waals surface area (Å²) in [5, 5.41) is 0. The van der Waals surface area contributed by atoms with Crippen molar-refractivity contribution in [2.45, 2.75) is 13.3 Å². The highest BCUT2D eigenvalue weighted by atomic mass is 19.1. The van der Waals surface area contributed by atoms with Crippen LogP contribution in [-0.4, -0.2) is 11.8 Å². The molecule has 0 bridgehead atoms. The summed E-state index contributed by atoms with van der Waals surface area (Å²) < 4.78 is 12.8. The van der Waals surface area contributed by atoms with E-state index < -0.39 is 17.6 Å². The van der Waals surface area contributed by atoms with Gasteiger partial charge in [-0.15, -0.1) is 0 Å². The Morgan fingerprint density at radius 1 is 1.00 bits per heavy atom. The summed E-state index contributed by atoms with van der Waals surface area (Å²) in [6.45, 7) is 2.07. The monoisotopic (exact) mass is 312 g/mol. The lowest BCUT2D eigenvalue weighted by Gasteiger charge is -2.05. The quantitative estimate of drug-likeness (QED) is 0.674. The molecular formula is C18H17FN2O2. The molecule has 0 spiro atoms. The molecule has 2 rings (SSSR count). The third kappa shape index (κ3) is 5.07. The highest BCUT2D eigenvalue weighted by Gasteiger charge is 2.05. The fourth-order valence-corrected chi connectivity index (χ4v) is 1.87. The SMILES string of the molecule is CCc1ccc(/C=C/C(=O)NNC(=O)c2ccc(F)cc2)cc1. The van der Waals surface area contributed by atoms with E-state index in [-0.39, 0.29) is 5.56 Å². The van der Waals surface area contributed by atoms with Crippen molar-refractivity contribution in [3.05, 3.63) is 77.1 Å². The molecular weight excluding hydrogens is 295 g/mol. The van der Waals surface area contributed by atoms with Crippen molar-refractivity contribution in [3.8, 4) is 0 Å². The second-order valence-corrected chi connectivity index (χ2v) is 4.88. The molecule has 0 aromatic heterocycles. The van der Waals surface area contributed by atoms with Crippen molar-refractivity contribution < 1.29 is 14.0 Å². The number of rotatable bonds is 4. The van der Waals surface area contributed by atoms with Crippen LogP contribution >= 0.6 is 0 Å². The largest absolute Gasteiger partial charge is 0.269 e. The van der Waals surface area contributed by atoms with Gasteiger partial charge >= 0.3 is 0 Å². The molecule has 0 unspecified atom stereocenters. The van der Waals surface area contributed by atoms with Gasteiger partial charge in [0.05, 0.1) is 0 Å². The second-order valence-electron chi connectivity index (χ2n) is 4.88. The van der Waals surface area contributed by atoms with Gasteiger partial charge in [-0.05, 0) is 47.9 Å². The molecule has 0 fully saturated rings. The van der Waals surface area contributed by atoms with Gasteiger partial charge in [-0.2, -0.15) is 0 Å². The molecule has 0 aliphatic rings. The van der Waals surface area contributed by atoms with Crippen molar-refractivity contribution in [2.24, 2.45) is 0 Å². The number of hydrogen-bond acceptors (Lipinski definition) is 2. The topological polar surface area (TPSA) is 58.2 Å². The van der Waals surface area contributed by atoms with Crippen molar-refractivity contribution >= 4 is 17.9 Å². The molecule has 23 heavy (non-hydrogen) atoms. The Labute approximate surface area is 134 Å². The summed E-state index contributed by atoms with van der Waals surface area (Å²) in [5.74, 6) is -1.40. The van der Waals surface area contributed by atoms with Gasteiger partial charge in [-0.3, -0.25) is 20.4 Å². The first-order chi connectivity index (χ1) is 11.1. The lowest BCUT2D eigenvalue weighted by atomic mass is 10.1. The molecule has 2 aromatic carbocycles. The van der Waals surface area contributed by atoms with E-state index in [1.54, 1.807) is 6.08 Å². The first kappa shape index (κ1) is 16.4. The van der Waals surface area contributed by atoms with E-state index in [1.165, 1.54) is 35.9 Å². The smallest absolute Gasteiger partial charge is 0.268 e. The number of halogens is 1. The van der Waals surface area contributed by atoms with E-state index in [0.717, 1.165) is 12.0 Å². The maximum Gasteiger partial charge on any atom is 0.269 e. The Morgan fingerprint density at radius 3 is 2.26 bits per heavy atom. The molecule has 118 valence electrons. The number of hydrogen-bond donors (Lipinski definition) is 2. The minimum Gasteiger partial charge on any atom is -0.268 e. The van der Waals surface area contributed by atoms with Crippen LogP contribution in [0.15, 0.2) is 54.6 Å². The van der Waals surface area contributed by atoms with Gasteiger partial charge in [0.15, 0.2) is 0 Å². The fraction of sp³-hybridized carbons (Fsp3) is 0.111. The Hall–Kier alpha value is -2.95. The average molecular weight is 312 g/mol. The normalized spacial score (nSPS) is 10.5. The van der Waals surface area contributed by atoms with Crippen LogP contribution in [0, 0.1) is 5.82 Å². The number of nitrogens with one attached hydrogen (secondary N) is 2. The first-order valence-corrected chi connectivity index (χ1v) is 7.21. The molecule has 0 aliphatic heterocycles. The van der Waals surface area contributed by atoms with E-state index in [0.29, 0.717) is 0 Å². The molecule has 0 saturated heterocycles. The van der Waals surface area contributed by atoms with Gasteiger partial charge < -0.3 is 0 Å².